The van der Waals surface area contributed by atoms with E-state index >= 15 is 0 Å². The zero-order chi connectivity index (χ0) is 14.1. The van der Waals surface area contributed by atoms with Crippen LogP contribution in [0.4, 0.5) is 10.9 Å². The number of hydrogen-bond donors (Lipinski definition) is 2. The average molecular weight is 293 g/mol. The summed E-state index contributed by atoms with van der Waals surface area (Å²) in [6.07, 6.45) is 3.65. The number of H-pyrrole nitrogens is 1. The highest BCUT2D eigenvalue weighted by Gasteiger charge is 2.06. The van der Waals surface area contributed by atoms with E-state index < -0.39 is 0 Å². The number of rotatable bonds is 3. The molecule has 0 aliphatic carbocycles. The lowest BCUT2D eigenvalue weighted by molar-refractivity contribution is 1.27. The Bertz CT molecular complexity index is 881. The maximum absolute atomic E-state index is 4.54. The lowest BCUT2D eigenvalue weighted by Gasteiger charge is -2.01. The number of aromatic nitrogens is 4. The van der Waals surface area contributed by atoms with E-state index in [0.717, 1.165) is 33.4 Å². The first kappa shape index (κ1) is 12.0. The molecule has 0 aliphatic heterocycles. The van der Waals surface area contributed by atoms with Crippen molar-refractivity contribution in [2.24, 2.45) is 0 Å². The van der Waals surface area contributed by atoms with Crippen LogP contribution in [0.15, 0.2) is 54.2 Å². The Kier molecular flexibility index (Phi) is 2.86. The molecule has 5 nitrogen and oxygen atoms in total. The monoisotopic (exact) mass is 293 g/mol. The standard InChI is InChI=1S/C15H11N5S/c1-2-7-16-10(3-1)13-9-21-15(19-13)20-14-5-4-11-12(18-14)6-8-17-11/h1-9,17H,(H,18,19,20). The third kappa shape index (κ3) is 2.36. The molecule has 0 aliphatic rings. The lowest BCUT2D eigenvalue weighted by atomic mass is 10.3. The van der Waals surface area contributed by atoms with Crippen LogP contribution >= 0.6 is 11.3 Å². The summed E-state index contributed by atoms with van der Waals surface area (Å²) in [6.45, 7) is 0. The van der Waals surface area contributed by atoms with Crippen molar-refractivity contribution in [3.05, 3.63) is 54.2 Å². The second-order valence-electron chi connectivity index (χ2n) is 4.48. The van der Waals surface area contributed by atoms with Gasteiger partial charge >= 0.3 is 0 Å². The number of thiazole rings is 1. The van der Waals surface area contributed by atoms with Gasteiger partial charge in [-0.15, -0.1) is 11.3 Å². The third-order valence-corrected chi connectivity index (χ3v) is 3.83. The van der Waals surface area contributed by atoms with E-state index in [-0.39, 0.29) is 0 Å². The van der Waals surface area contributed by atoms with E-state index in [2.05, 4.69) is 25.3 Å². The molecule has 0 fully saturated rings. The van der Waals surface area contributed by atoms with Gasteiger partial charge in [0.1, 0.15) is 11.5 Å². The van der Waals surface area contributed by atoms with Gasteiger partial charge in [0.2, 0.25) is 0 Å². The molecule has 0 amide bonds. The molecule has 4 heterocycles. The summed E-state index contributed by atoms with van der Waals surface area (Å²) < 4.78 is 0. The van der Waals surface area contributed by atoms with Crippen LogP contribution in [0.1, 0.15) is 0 Å². The second kappa shape index (κ2) is 4.99. The van der Waals surface area contributed by atoms with Crippen LogP contribution in [0, 0.1) is 0 Å². The lowest BCUT2D eigenvalue weighted by Crippen LogP contribution is -1.93. The van der Waals surface area contributed by atoms with Crippen LogP contribution in [-0.2, 0) is 0 Å². The average Bonchev–Trinajstić information content (AvgIpc) is 3.17. The number of pyridine rings is 2. The van der Waals surface area contributed by atoms with Crippen molar-refractivity contribution >= 4 is 33.3 Å². The normalized spacial score (nSPS) is 10.9. The van der Waals surface area contributed by atoms with Gasteiger partial charge in [-0.25, -0.2) is 9.97 Å². The van der Waals surface area contributed by atoms with Gasteiger partial charge in [-0.05, 0) is 30.3 Å². The van der Waals surface area contributed by atoms with E-state index in [4.69, 9.17) is 0 Å². The number of anilines is 2. The molecule has 0 atom stereocenters. The van der Waals surface area contributed by atoms with Gasteiger partial charge in [0.05, 0.1) is 16.7 Å². The SMILES string of the molecule is c1ccc(-c2csc(Nc3ccc4[nH]ccc4n3)n2)nc1. The van der Waals surface area contributed by atoms with E-state index in [0.29, 0.717) is 0 Å². The fourth-order valence-corrected chi connectivity index (χ4v) is 2.79. The molecule has 0 saturated heterocycles. The zero-order valence-corrected chi connectivity index (χ0v) is 11.8. The highest BCUT2D eigenvalue weighted by Crippen LogP contribution is 2.25. The number of nitrogens with zero attached hydrogens (tertiary/aromatic N) is 3. The van der Waals surface area contributed by atoms with Gasteiger partial charge in [0.15, 0.2) is 5.13 Å². The van der Waals surface area contributed by atoms with Crippen molar-refractivity contribution in [3.63, 3.8) is 0 Å². The number of hydrogen-bond acceptors (Lipinski definition) is 5. The molecule has 102 valence electrons. The highest BCUT2D eigenvalue weighted by molar-refractivity contribution is 7.14. The van der Waals surface area contributed by atoms with Gasteiger partial charge in [0.25, 0.3) is 0 Å². The Balaban J connectivity index is 1.61. The maximum Gasteiger partial charge on any atom is 0.188 e. The minimum absolute atomic E-state index is 0.782. The summed E-state index contributed by atoms with van der Waals surface area (Å²) >= 11 is 1.54. The summed E-state index contributed by atoms with van der Waals surface area (Å²) in [6, 6.07) is 11.7. The number of aromatic amines is 1. The van der Waals surface area contributed by atoms with E-state index in [1.165, 1.54) is 11.3 Å². The fourth-order valence-electron chi connectivity index (χ4n) is 2.08. The summed E-state index contributed by atoms with van der Waals surface area (Å²) in [5.41, 5.74) is 3.69. The van der Waals surface area contributed by atoms with Crippen LogP contribution in [-0.4, -0.2) is 19.9 Å². The molecule has 4 aromatic heterocycles. The van der Waals surface area contributed by atoms with Crippen LogP contribution < -0.4 is 5.32 Å². The second-order valence-corrected chi connectivity index (χ2v) is 5.34. The van der Waals surface area contributed by atoms with Gasteiger partial charge in [-0.1, -0.05) is 6.07 Å². The summed E-state index contributed by atoms with van der Waals surface area (Å²) in [5.74, 6) is 0.782. The molecular weight excluding hydrogens is 282 g/mol. The fraction of sp³-hybridized carbons (Fsp3) is 0. The molecule has 0 spiro atoms. The Morgan fingerprint density at radius 1 is 1.00 bits per heavy atom. The first-order valence-electron chi connectivity index (χ1n) is 6.46. The molecule has 0 radical (unpaired) electrons. The molecule has 0 unspecified atom stereocenters. The Morgan fingerprint density at radius 3 is 2.90 bits per heavy atom. The maximum atomic E-state index is 4.54. The summed E-state index contributed by atoms with van der Waals surface area (Å²) in [4.78, 5) is 16.5. The molecule has 21 heavy (non-hydrogen) atoms. The molecule has 0 bridgehead atoms. The third-order valence-electron chi connectivity index (χ3n) is 3.07. The van der Waals surface area contributed by atoms with E-state index in [1.54, 1.807) is 6.20 Å². The van der Waals surface area contributed by atoms with Crippen molar-refractivity contribution in [1.29, 1.82) is 0 Å². The van der Waals surface area contributed by atoms with Gasteiger partial charge in [-0.3, -0.25) is 4.98 Å². The van der Waals surface area contributed by atoms with Crippen molar-refractivity contribution in [2.45, 2.75) is 0 Å². The van der Waals surface area contributed by atoms with Crippen molar-refractivity contribution in [2.75, 3.05) is 5.32 Å². The molecule has 4 rings (SSSR count). The van der Waals surface area contributed by atoms with Crippen LogP contribution in [0.25, 0.3) is 22.4 Å². The summed E-state index contributed by atoms with van der Waals surface area (Å²) in [5, 5.41) is 6.02. The van der Waals surface area contributed by atoms with Crippen molar-refractivity contribution < 1.29 is 0 Å². The molecular formula is C15H11N5S. The predicted octanol–water partition coefficient (Wildman–Crippen LogP) is 3.83. The predicted molar refractivity (Wildman–Crippen MR) is 84.7 cm³/mol. The van der Waals surface area contributed by atoms with Crippen LogP contribution in [0.3, 0.4) is 0 Å². The van der Waals surface area contributed by atoms with Crippen molar-refractivity contribution in [3.8, 4) is 11.4 Å². The molecule has 2 N–H and O–H groups in total. The van der Waals surface area contributed by atoms with Crippen molar-refractivity contribution in [1.82, 2.24) is 19.9 Å². The minimum atomic E-state index is 0.782. The minimum Gasteiger partial charge on any atom is -0.360 e. The van der Waals surface area contributed by atoms with E-state index in [1.807, 2.05) is 48.0 Å². The van der Waals surface area contributed by atoms with Gasteiger partial charge in [0, 0.05) is 17.8 Å². The highest BCUT2D eigenvalue weighted by atomic mass is 32.1. The van der Waals surface area contributed by atoms with E-state index in [9.17, 15) is 0 Å². The first-order valence-corrected chi connectivity index (χ1v) is 7.34. The first-order chi connectivity index (χ1) is 10.4. The van der Waals surface area contributed by atoms with Crippen LogP contribution in [0.5, 0.6) is 0 Å². The van der Waals surface area contributed by atoms with Gasteiger partial charge < -0.3 is 10.3 Å². The molecule has 4 aromatic rings. The topological polar surface area (TPSA) is 66.5 Å². The molecule has 0 saturated carbocycles. The quantitative estimate of drug-likeness (QED) is 0.602. The van der Waals surface area contributed by atoms with Crippen LogP contribution in [0.2, 0.25) is 0 Å². The smallest absolute Gasteiger partial charge is 0.188 e. The Hall–Kier alpha value is -2.73. The molecule has 6 heteroatoms. The zero-order valence-electron chi connectivity index (χ0n) is 10.9. The number of nitrogens with one attached hydrogen (secondary N) is 2. The van der Waals surface area contributed by atoms with Gasteiger partial charge in [-0.2, -0.15) is 0 Å². The Labute approximate surface area is 124 Å². The summed E-state index contributed by atoms with van der Waals surface area (Å²) in [7, 11) is 0. The molecule has 0 aromatic carbocycles. The largest absolute Gasteiger partial charge is 0.360 e. The Morgan fingerprint density at radius 2 is 2.00 bits per heavy atom. The number of fused-ring (bicyclic) bond motifs is 1.